The lowest BCUT2D eigenvalue weighted by atomic mass is 10.2. The van der Waals surface area contributed by atoms with Crippen LogP contribution in [0.3, 0.4) is 0 Å². The predicted octanol–water partition coefficient (Wildman–Crippen LogP) is 2.11. The Kier molecular flexibility index (Phi) is 8.88. The predicted molar refractivity (Wildman–Crippen MR) is 100 cm³/mol. The molecular weight excluding hydrogens is 358 g/mol. The normalized spacial score (nSPS) is 11.6. The van der Waals surface area contributed by atoms with Crippen molar-refractivity contribution < 1.29 is 14.0 Å². The summed E-state index contributed by atoms with van der Waals surface area (Å²) in [5.41, 5.74) is 0.809. The molecule has 0 spiro atoms. The second-order valence-electron chi connectivity index (χ2n) is 5.33. The molecular formula is C17H24ClN5O3. The average Bonchev–Trinajstić information content (AvgIpc) is 3.12. The minimum Gasteiger partial charge on any atom is -0.382 e. The van der Waals surface area contributed by atoms with E-state index in [9.17, 15) is 0 Å². The highest BCUT2D eigenvalue weighted by Gasteiger charge is 2.09. The second-order valence-corrected chi connectivity index (χ2v) is 5.77. The first-order chi connectivity index (χ1) is 12.7. The maximum Gasteiger partial charge on any atom is 0.246 e. The number of nitrogens with zero attached hydrogens (tertiary/aromatic N) is 3. The van der Waals surface area contributed by atoms with Crippen molar-refractivity contribution in [1.29, 1.82) is 0 Å². The Morgan fingerprint density at radius 2 is 2.15 bits per heavy atom. The zero-order valence-corrected chi connectivity index (χ0v) is 15.8. The lowest BCUT2D eigenvalue weighted by Gasteiger charge is -2.10. The van der Waals surface area contributed by atoms with Crippen molar-refractivity contribution in [3.05, 3.63) is 35.2 Å². The van der Waals surface area contributed by atoms with E-state index in [1.165, 1.54) is 0 Å². The van der Waals surface area contributed by atoms with Crippen LogP contribution in [0.1, 0.15) is 12.3 Å². The molecule has 142 valence electrons. The Morgan fingerprint density at radius 1 is 1.27 bits per heavy atom. The summed E-state index contributed by atoms with van der Waals surface area (Å²) in [5.74, 6) is 1.62. The first kappa shape index (κ1) is 20.2. The summed E-state index contributed by atoms with van der Waals surface area (Å²) in [4.78, 5) is 8.51. The molecule has 0 saturated carbocycles. The van der Waals surface area contributed by atoms with Crippen LogP contribution < -0.4 is 10.6 Å². The molecule has 2 rings (SSSR count). The Hall–Kier alpha value is -2.16. The molecule has 0 aliphatic rings. The summed E-state index contributed by atoms with van der Waals surface area (Å²) in [6.07, 6.45) is 0.865. The van der Waals surface area contributed by atoms with E-state index in [0.29, 0.717) is 49.1 Å². The SMILES string of the molecule is CN=C(NCCCOCCOC)NCc1nc(-c2cccc(Cl)c2)no1. The van der Waals surface area contributed by atoms with Gasteiger partial charge < -0.3 is 24.6 Å². The maximum absolute atomic E-state index is 5.98. The van der Waals surface area contributed by atoms with Crippen LogP contribution in [0.4, 0.5) is 0 Å². The fourth-order valence-electron chi connectivity index (χ4n) is 2.08. The molecule has 0 bridgehead atoms. The molecule has 1 aromatic heterocycles. The standard InChI is InChI=1S/C17H24ClN5O3/c1-19-17(20-7-4-8-25-10-9-24-2)21-12-15-22-16(23-26-15)13-5-3-6-14(18)11-13/h3,5-6,11H,4,7-10,12H2,1-2H3,(H2,19,20,21). The largest absolute Gasteiger partial charge is 0.382 e. The maximum atomic E-state index is 5.98. The number of aromatic nitrogens is 2. The molecule has 9 heteroatoms. The highest BCUT2D eigenvalue weighted by molar-refractivity contribution is 6.30. The summed E-state index contributed by atoms with van der Waals surface area (Å²) in [6.45, 7) is 3.00. The number of nitrogens with one attached hydrogen (secondary N) is 2. The van der Waals surface area contributed by atoms with Crippen molar-refractivity contribution in [2.45, 2.75) is 13.0 Å². The first-order valence-electron chi connectivity index (χ1n) is 8.32. The van der Waals surface area contributed by atoms with Gasteiger partial charge in [0.15, 0.2) is 5.96 Å². The number of rotatable bonds is 10. The van der Waals surface area contributed by atoms with Crippen LogP contribution in [0.5, 0.6) is 0 Å². The summed E-state index contributed by atoms with van der Waals surface area (Å²) in [5, 5.41) is 10.9. The molecule has 26 heavy (non-hydrogen) atoms. The van der Waals surface area contributed by atoms with Gasteiger partial charge in [-0.15, -0.1) is 0 Å². The van der Waals surface area contributed by atoms with E-state index < -0.39 is 0 Å². The molecule has 0 radical (unpaired) electrons. The second kappa shape index (κ2) is 11.5. The van der Waals surface area contributed by atoms with Gasteiger partial charge in [-0.3, -0.25) is 4.99 Å². The minimum absolute atomic E-state index is 0.373. The highest BCUT2D eigenvalue weighted by atomic mass is 35.5. The zero-order chi connectivity index (χ0) is 18.6. The summed E-state index contributed by atoms with van der Waals surface area (Å²) in [7, 11) is 3.36. The Bertz CT molecular complexity index is 693. The smallest absolute Gasteiger partial charge is 0.246 e. The third kappa shape index (κ3) is 6.99. The highest BCUT2D eigenvalue weighted by Crippen LogP contribution is 2.19. The van der Waals surface area contributed by atoms with Gasteiger partial charge in [-0.05, 0) is 18.6 Å². The van der Waals surface area contributed by atoms with Crippen LogP contribution in [0.2, 0.25) is 5.02 Å². The average molecular weight is 382 g/mol. The van der Waals surface area contributed by atoms with E-state index >= 15 is 0 Å². The van der Waals surface area contributed by atoms with Crippen LogP contribution >= 0.6 is 11.6 Å². The lowest BCUT2D eigenvalue weighted by molar-refractivity contribution is 0.0698. The van der Waals surface area contributed by atoms with E-state index in [0.717, 1.165) is 18.5 Å². The first-order valence-corrected chi connectivity index (χ1v) is 8.70. The number of benzene rings is 1. The molecule has 1 aromatic carbocycles. The molecule has 0 aliphatic carbocycles. The van der Waals surface area contributed by atoms with Crippen LogP contribution in [0.25, 0.3) is 11.4 Å². The van der Waals surface area contributed by atoms with Crippen molar-refractivity contribution in [2.75, 3.05) is 40.5 Å². The summed E-state index contributed by atoms with van der Waals surface area (Å²) >= 11 is 5.98. The van der Waals surface area contributed by atoms with Gasteiger partial charge >= 0.3 is 0 Å². The topological polar surface area (TPSA) is 93.8 Å². The fourth-order valence-corrected chi connectivity index (χ4v) is 2.27. The van der Waals surface area contributed by atoms with Gasteiger partial charge in [0.1, 0.15) is 0 Å². The third-order valence-electron chi connectivity index (χ3n) is 3.37. The summed E-state index contributed by atoms with van der Waals surface area (Å²) < 4.78 is 15.6. The molecule has 0 unspecified atom stereocenters. The number of methoxy groups -OCH3 is 1. The lowest BCUT2D eigenvalue weighted by Crippen LogP contribution is -2.37. The van der Waals surface area contributed by atoms with Gasteiger partial charge in [0, 0.05) is 37.9 Å². The van der Waals surface area contributed by atoms with Crippen LogP contribution in [0, 0.1) is 0 Å². The van der Waals surface area contributed by atoms with E-state index in [1.807, 2.05) is 12.1 Å². The van der Waals surface area contributed by atoms with Gasteiger partial charge in [-0.2, -0.15) is 4.98 Å². The van der Waals surface area contributed by atoms with Gasteiger partial charge in [0.2, 0.25) is 11.7 Å². The Morgan fingerprint density at radius 3 is 2.92 bits per heavy atom. The molecule has 0 saturated heterocycles. The van der Waals surface area contributed by atoms with Gasteiger partial charge in [-0.1, -0.05) is 28.9 Å². The van der Waals surface area contributed by atoms with E-state index in [-0.39, 0.29) is 0 Å². The van der Waals surface area contributed by atoms with E-state index in [4.69, 9.17) is 25.6 Å². The molecule has 1 heterocycles. The number of hydrogen-bond donors (Lipinski definition) is 2. The van der Waals surface area contributed by atoms with Crippen LogP contribution in [-0.4, -0.2) is 56.6 Å². The van der Waals surface area contributed by atoms with Gasteiger partial charge in [0.25, 0.3) is 0 Å². The van der Waals surface area contributed by atoms with Crippen molar-refractivity contribution in [2.24, 2.45) is 4.99 Å². The van der Waals surface area contributed by atoms with E-state index in [1.54, 1.807) is 26.3 Å². The molecule has 0 amide bonds. The molecule has 0 aliphatic heterocycles. The van der Waals surface area contributed by atoms with Crippen LogP contribution in [-0.2, 0) is 16.0 Å². The number of halogens is 1. The fraction of sp³-hybridized carbons (Fsp3) is 0.471. The Labute approximate surface area is 157 Å². The van der Waals surface area contributed by atoms with Gasteiger partial charge in [0.05, 0.1) is 19.8 Å². The number of aliphatic imine (C=N–C) groups is 1. The minimum atomic E-state index is 0.373. The number of hydrogen-bond acceptors (Lipinski definition) is 6. The monoisotopic (exact) mass is 381 g/mol. The van der Waals surface area contributed by atoms with Crippen molar-refractivity contribution in [1.82, 2.24) is 20.8 Å². The number of ether oxygens (including phenoxy) is 2. The molecule has 0 atom stereocenters. The van der Waals surface area contributed by atoms with Crippen molar-refractivity contribution in [3.8, 4) is 11.4 Å². The summed E-state index contributed by atoms with van der Waals surface area (Å²) in [6, 6.07) is 7.31. The molecule has 0 fully saturated rings. The van der Waals surface area contributed by atoms with Crippen molar-refractivity contribution >= 4 is 17.6 Å². The van der Waals surface area contributed by atoms with Crippen LogP contribution in [0.15, 0.2) is 33.8 Å². The van der Waals surface area contributed by atoms with E-state index in [2.05, 4.69) is 25.8 Å². The zero-order valence-electron chi connectivity index (χ0n) is 15.0. The quantitative estimate of drug-likeness (QED) is 0.370. The molecule has 2 aromatic rings. The van der Waals surface area contributed by atoms with Crippen molar-refractivity contribution in [3.63, 3.8) is 0 Å². The number of guanidine groups is 1. The molecule has 8 nitrogen and oxygen atoms in total. The Balaban J connectivity index is 1.72. The molecule has 2 N–H and O–H groups in total. The third-order valence-corrected chi connectivity index (χ3v) is 3.61. The van der Waals surface area contributed by atoms with Gasteiger partial charge in [-0.25, -0.2) is 0 Å².